The number of aryl methyl sites for hydroxylation is 2. The number of benzene rings is 2. The van der Waals surface area contributed by atoms with E-state index in [1.165, 1.54) is 31.4 Å². The van der Waals surface area contributed by atoms with Crippen LogP contribution < -0.4 is 5.32 Å². The highest BCUT2D eigenvalue weighted by molar-refractivity contribution is 6.03. The molecule has 0 aliphatic carbocycles. The summed E-state index contributed by atoms with van der Waals surface area (Å²) in [7, 11) is 1.30. The number of rotatable bonds is 4. The van der Waals surface area contributed by atoms with Gasteiger partial charge in [0.15, 0.2) is 0 Å². The molecule has 0 aliphatic rings. The molecule has 132 valence electrons. The van der Waals surface area contributed by atoms with Crippen molar-refractivity contribution < 1.29 is 18.7 Å². The number of anilines is 1. The Hall–Kier alpha value is -3.48. The molecule has 1 amide bonds. The fourth-order valence-electron chi connectivity index (χ4n) is 2.48. The third kappa shape index (κ3) is 3.61. The number of aromatic nitrogens is 2. The van der Waals surface area contributed by atoms with Crippen LogP contribution in [0.15, 0.2) is 46.9 Å². The Morgan fingerprint density at radius 3 is 2.35 bits per heavy atom. The van der Waals surface area contributed by atoms with Crippen molar-refractivity contribution in [1.82, 2.24) is 10.2 Å². The molecule has 0 radical (unpaired) electrons. The summed E-state index contributed by atoms with van der Waals surface area (Å²) in [6.07, 6.45) is 0. The predicted octanol–water partition coefficient (Wildman–Crippen LogP) is 3.39. The summed E-state index contributed by atoms with van der Waals surface area (Å²) in [4.78, 5) is 23.7. The summed E-state index contributed by atoms with van der Waals surface area (Å²) in [6.45, 7) is 3.95. The van der Waals surface area contributed by atoms with Gasteiger partial charge in [-0.25, -0.2) is 4.79 Å². The van der Waals surface area contributed by atoms with Gasteiger partial charge in [-0.05, 0) is 49.7 Å². The molecule has 0 atom stereocenters. The standard InChI is InChI=1S/C19H17N3O4/c1-11-4-9-15(12(2)10-11)17-21-22-19(26-17)20-16(23)13-5-7-14(8-6-13)18(24)25-3/h4-10H,1-3H3,(H,20,22,23). The first-order chi connectivity index (χ1) is 12.5. The Kier molecular flexibility index (Phi) is 4.79. The number of methoxy groups -OCH3 is 1. The minimum Gasteiger partial charge on any atom is -0.465 e. The van der Waals surface area contributed by atoms with E-state index in [4.69, 9.17) is 4.42 Å². The first-order valence-electron chi connectivity index (χ1n) is 7.89. The fourth-order valence-corrected chi connectivity index (χ4v) is 2.48. The number of hydrogen-bond donors (Lipinski definition) is 1. The van der Waals surface area contributed by atoms with Gasteiger partial charge in [-0.2, -0.15) is 0 Å². The average Bonchev–Trinajstić information content (AvgIpc) is 3.09. The zero-order chi connectivity index (χ0) is 18.7. The van der Waals surface area contributed by atoms with E-state index in [0.717, 1.165) is 16.7 Å². The Morgan fingerprint density at radius 1 is 1.00 bits per heavy atom. The van der Waals surface area contributed by atoms with E-state index in [9.17, 15) is 9.59 Å². The van der Waals surface area contributed by atoms with Gasteiger partial charge in [-0.15, -0.1) is 5.10 Å². The molecule has 7 heteroatoms. The van der Waals surface area contributed by atoms with E-state index >= 15 is 0 Å². The van der Waals surface area contributed by atoms with Crippen LogP contribution in [0.25, 0.3) is 11.5 Å². The van der Waals surface area contributed by atoms with Crippen LogP contribution in [0.5, 0.6) is 0 Å². The third-order valence-electron chi connectivity index (χ3n) is 3.83. The minimum atomic E-state index is -0.466. The molecule has 1 heterocycles. The SMILES string of the molecule is COC(=O)c1ccc(C(=O)Nc2nnc(-c3ccc(C)cc3C)o2)cc1. The number of hydrogen-bond acceptors (Lipinski definition) is 6. The van der Waals surface area contributed by atoms with Gasteiger partial charge in [0.25, 0.3) is 5.91 Å². The van der Waals surface area contributed by atoms with Crippen LogP contribution in [0.3, 0.4) is 0 Å². The molecule has 1 N–H and O–H groups in total. The summed E-state index contributed by atoms with van der Waals surface area (Å²) >= 11 is 0. The number of ether oxygens (including phenoxy) is 1. The number of carbonyl (C=O) groups excluding carboxylic acids is 2. The molecule has 0 spiro atoms. The molecule has 0 unspecified atom stereocenters. The van der Waals surface area contributed by atoms with Crippen molar-refractivity contribution in [3.8, 4) is 11.5 Å². The summed E-state index contributed by atoms with van der Waals surface area (Å²) < 4.78 is 10.2. The quantitative estimate of drug-likeness (QED) is 0.724. The second-order valence-electron chi connectivity index (χ2n) is 5.75. The van der Waals surface area contributed by atoms with Crippen molar-refractivity contribution in [2.24, 2.45) is 0 Å². The second kappa shape index (κ2) is 7.18. The molecule has 26 heavy (non-hydrogen) atoms. The number of carbonyl (C=O) groups is 2. The largest absolute Gasteiger partial charge is 0.465 e. The normalized spacial score (nSPS) is 10.4. The van der Waals surface area contributed by atoms with Gasteiger partial charge in [-0.3, -0.25) is 10.1 Å². The lowest BCUT2D eigenvalue weighted by Gasteiger charge is -2.03. The average molecular weight is 351 g/mol. The van der Waals surface area contributed by atoms with Gasteiger partial charge in [0.05, 0.1) is 12.7 Å². The van der Waals surface area contributed by atoms with Crippen LogP contribution in [0.1, 0.15) is 31.8 Å². The Labute approximate surface area is 150 Å². The van der Waals surface area contributed by atoms with Gasteiger partial charge in [0.1, 0.15) is 0 Å². The molecule has 1 aromatic heterocycles. The van der Waals surface area contributed by atoms with Crippen LogP contribution in [0.2, 0.25) is 0 Å². The van der Waals surface area contributed by atoms with Crippen molar-refractivity contribution in [3.05, 3.63) is 64.7 Å². The summed E-state index contributed by atoms with van der Waals surface area (Å²) in [5.74, 6) is -0.553. The van der Waals surface area contributed by atoms with Gasteiger partial charge < -0.3 is 9.15 Å². The van der Waals surface area contributed by atoms with Gasteiger partial charge in [0, 0.05) is 11.1 Å². The lowest BCUT2D eigenvalue weighted by molar-refractivity contribution is 0.0600. The van der Waals surface area contributed by atoms with Crippen LogP contribution in [0, 0.1) is 13.8 Å². The molecule has 0 saturated heterocycles. The number of nitrogens with zero attached hydrogens (tertiary/aromatic N) is 2. The first-order valence-corrected chi connectivity index (χ1v) is 7.89. The van der Waals surface area contributed by atoms with E-state index in [2.05, 4.69) is 20.3 Å². The Balaban J connectivity index is 1.74. The summed E-state index contributed by atoms with van der Waals surface area (Å²) in [5, 5.41) is 10.4. The highest BCUT2D eigenvalue weighted by atomic mass is 16.5. The van der Waals surface area contributed by atoms with Crippen molar-refractivity contribution in [3.63, 3.8) is 0 Å². The monoisotopic (exact) mass is 351 g/mol. The van der Waals surface area contributed by atoms with Crippen molar-refractivity contribution in [2.75, 3.05) is 12.4 Å². The number of amides is 1. The molecule has 0 fully saturated rings. The topological polar surface area (TPSA) is 94.3 Å². The summed E-state index contributed by atoms with van der Waals surface area (Å²) in [5.41, 5.74) is 3.66. The first kappa shape index (κ1) is 17.3. The third-order valence-corrected chi connectivity index (χ3v) is 3.83. The Morgan fingerprint density at radius 2 is 1.69 bits per heavy atom. The molecule has 0 aliphatic heterocycles. The second-order valence-corrected chi connectivity index (χ2v) is 5.75. The zero-order valence-electron chi connectivity index (χ0n) is 14.6. The smallest absolute Gasteiger partial charge is 0.337 e. The maximum Gasteiger partial charge on any atom is 0.337 e. The van der Waals surface area contributed by atoms with Gasteiger partial charge in [-0.1, -0.05) is 22.8 Å². The minimum absolute atomic E-state index is 0.00187. The van der Waals surface area contributed by atoms with Crippen LogP contribution >= 0.6 is 0 Å². The zero-order valence-corrected chi connectivity index (χ0v) is 14.6. The van der Waals surface area contributed by atoms with Crippen LogP contribution in [0.4, 0.5) is 6.01 Å². The number of esters is 1. The van der Waals surface area contributed by atoms with Gasteiger partial charge in [0.2, 0.25) is 5.89 Å². The fraction of sp³-hybridized carbons (Fsp3) is 0.158. The molecule has 3 rings (SSSR count). The summed E-state index contributed by atoms with van der Waals surface area (Å²) in [6, 6.07) is 11.9. The maximum atomic E-state index is 12.3. The highest BCUT2D eigenvalue weighted by Crippen LogP contribution is 2.24. The molecular formula is C19H17N3O4. The van der Waals surface area contributed by atoms with Crippen LogP contribution in [-0.2, 0) is 4.74 Å². The lowest BCUT2D eigenvalue weighted by atomic mass is 10.1. The molecule has 3 aromatic rings. The molecule has 0 bridgehead atoms. The van der Waals surface area contributed by atoms with Crippen molar-refractivity contribution >= 4 is 17.9 Å². The van der Waals surface area contributed by atoms with E-state index in [-0.39, 0.29) is 6.01 Å². The molecule has 2 aromatic carbocycles. The van der Waals surface area contributed by atoms with E-state index < -0.39 is 11.9 Å². The Bertz CT molecular complexity index is 961. The van der Waals surface area contributed by atoms with Gasteiger partial charge >= 0.3 is 12.0 Å². The number of nitrogens with one attached hydrogen (secondary N) is 1. The highest BCUT2D eigenvalue weighted by Gasteiger charge is 2.15. The van der Waals surface area contributed by atoms with E-state index in [0.29, 0.717) is 17.0 Å². The molecular weight excluding hydrogens is 334 g/mol. The maximum absolute atomic E-state index is 12.3. The molecule has 7 nitrogen and oxygen atoms in total. The predicted molar refractivity (Wildman–Crippen MR) is 94.9 cm³/mol. The van der Waals surface area contributed by atoms with Crippen molar-refractivity contribution in [2.45, 2.75) is 13.8 Å². The van der Waals surface area contributed by atoms with Crippen molar-refractivity contribution in [1.29, 1.82) is 0 Å². The lowest BCUT2D eigenvalue weighted by Crippen LogP contribution is -2.12. The van der Waals surface area contributed by atoms with Crippen LogP contribution in [-0.4, -0.2) is 29.2 Å². The van der Waals surface area contributed by atoms with E-state index in [1.54, 1.807) is 0 Å². The molecule has 0 saturated carbocycles. The van der Waals surface area contributed by atoms with E-state index in [1.807, 2.05) is 32.0 Å².